The Balaban J connectivity index is 3.79. The average Bonchev–Trinajstić information content (AvgIpc) is 2.98. The molecule has 0 amide bonds. The molecule has 0 saturated heterocycles. The fraction of sp³-hybridized carbons (Fsp3) is 0.972. The first-order chi connectivity index (χ1) is 21.6. The van der Waals surface area contributed by atoms with Gasteiger partial charge in [-0.1, -0.05) is 149 Å². The maximum Gasteiger partial charge on any atom is 0.306 e. The lowest BCUT2D eigenvalue weighted by atomic mass is 10.0. The lowest BCUT2D eigenvalue weighted by Crippen LogP contribution is -2.37. The van der Waals surface area contributed by atoms with Crippen molar-refractivity contribution in [1.82, 2.24) is 0 Å². The standard InChI is InChI=1S/C36H74NO7P/c1-6-8-10-11-12-13-14-15-16-17-18-19-20-21-22-23-24-25-26-27-28-31-41-33-35(44-36(38)29-9-7-2)34-43-45(39,40)42-32-30-37(3,4)5/h35H,6-34H2,1-5H3. The van der Waals surface area contributed by atoms with Crippen molar-refractivity contribution < 1.29 is 37.3 Å². The van der Waals surface area contributed by atoms with Gasteiger partial charge in [-0.15, -0.1) is 0 Å². The number of quaternary nitrogens is 1. The molecular weight excluding hydrogens is 589 g/mol. The van der Waals surface area contributed by atoms with Crippen LogP contribution in [0.3, 0.4) is 0 Å². The minimum atomic E-state index is -4.49. The molecule has 0 saturated carbocycles. The Morgan fingerprint density at radius 2 is 1.02 bits per heavy atom. The second-order valence-electron chi connectivity index (χ2n) is 14.0. The van der Waals surface area contributed by atoms with Crippen molar-refractivity contribution in [3.05, 3.63) is 0 Å². The summed E-state index contributed by atoms with van der Waals surface area (Å²) in [6.07, 6.45) is 29.4. The van der Waals surface area contributed by atoms with Crippen LogP contribution < -0.4 is 4.89 Å². The number of ether oxygens (including phenoxy) is 2. The molecule has 2 unspecified atom stereocenters. The van der Waals surface area contributed by atoms with E-state index in [-0.39, 0.29) is 25.8 Å². The van der Waals surface area contributed by atoms with Gasteiger partial charge in [-0.25, -0.2) is 0 Å². The second-order valence-corrected chi connectivity index (χ2v) is 15.4. The lowest BCUT2D eigenvalue weighted by molar-refractivity contribution is -0.870. The van der Waals surface area contributed by atoms with Gasteiger partial charge in [-0.05, 0) is 12.8 Å². The molecule has 0 aliphatic rings. The number of esters is 1. The van der Waals surface area contributed by atoms with Gasteiger partial charge >= 0.3 is 5.97 Å². The number of rotatable bonds is 35. The van der Waals surface area contributed by atoms with Gasteiger partial charge in [0.05, 0.1) is 34.4 Å². The maximum atomic E-state index is 12.2. The fourth-order valence-electron chi connectivity index (χ4n) is 5.17. The zero-order chi connectivity index (χ0) is 33.5. The largest absolute Gasteiger partial charge is 0.756 e. The molecule has 0 aromatic carbocycles. The molecular formula is C36H74NO7P. The zero-order valence-corrected chi connectivity index (χ0v) is 31.2. The third-order valence-electron chi connectivity index (χ3n) is 8.16. The van der Waals surface area contributed by atoms with Crippen LogP contribution in [-0.4, -0.2) is 70.7 Å². The highest BCUT2D eigenvalue weighted by Gasteiger charge is 2.20. The van der Waals surface area contributed by atoms with Gasteiger partial charge in [-0.3, -0.25) is 9.36 Å². The number of carbonyl (C=O) groups excluding carboxylic acids is 1. The quantitative estimate of drug-likeness (QED) is 0.0288. The summed E-state index contributed by atoms with van der Waals surface area (Å²) in [7, 11) is 1.36. The Kier molecular flexibility index (Phi) is 30.5. The summed E-state index contributed by atoms with van der Waals surface area (Å²) in [5.74, 6) is -0.366. The van der Waals surface area contributed by atoms with Crippen molar-refractivity contribution in [3.63, 3.8) is 0 Å². The third-order valence-corrected chi connectivity index (χ3v) is 9.12. The number of phosphoric ester groups is 1. The highest BCUT2D eigenvalue weighted by atomic mass is 31.2. The van der Waals surface area contributed by atoms with Crippen LogP contribution in [0.2, 0.25) is 0 Å². The molecule has 0 radical (unpaired) electrons. The van der Waals surface area contributed by atoms with Gasteiger partial charge in [-0.2, -0.15) is 0 Å². The van der Waals surface area contributed by atoms with Gasteiger partial charge in [0.15, 0.2) is 0 Å². The van der Waals surface area contributed by atoms with Crippen LogP contribution in [0.15, 0.2) is 0 Å². The van der Waals surface area contributed by atoms with Gasteiger partial charge in [0.1, 0.15) is 19.3 Å². The summed E-state index contributed by atoms with van der Waals surface area (Å²) >= 11 is 0. The molecule has 0 aliphatic heterocycles. The van der Waals surface area contributed by atoms with Crippen molar-refractivity contribution in [2.24, 2.45) is 0 Å². The zero-order valence-electron chi connectivity index (χ0n) is 30.3. The average molecular weight is 664 g/mol. The lowest BCUT2D eigenvalue weighted by Gasteiger charge is -2.28. The highest BCUT2D eigenvalue weighted by Crippen LogP contribution is 2.38. The Labute approximate surface area is 278 Å². The first-order valence-corrected chi connectivity index (χ1v) is 20.2. The van der Waals surface area contributed by atoms with Gasteiger partial charge in [0.2, 0.25) is 0 Å². The monoisotopic (exact) mass is 664 g/mol. The van der Waals surface area contributed by atoms with E-state index in [0.717, 1.165) is 25.7 Å². The van der Waals surface area contributed by atoms with Gasteiger partial charge < -0.3 is 27.9 Å². The first kappa shape index (κ1) is 44.5. The summed E-state index contributed by atoms with van der Waals surface area (Å²) in [6, 6.07) is 0. The third kappa shape index (κ3) is 34.6. The molecule has 2 atom stereocenters. The van der Waals surface area contributed by atoms with Crippen molar-refractivity contribution in [3.8, 4) is 0 Å². The molecule has 270 valence electrons. The molecule has 0 heterocycles. The van der Waals surface area contributed by atoms with E-state index in [1.807, 2.05) is 28.1 Å². The Morgan fingerprint density at radius 1 is 0.600 bits per heavy atom. The minimum absolute atomic E-state index is 0.0290. The van der Waals surface area contributed by atoms with Crippen LogP contribution in [0.5, 0.6) is 0 Å². The number of phosphoric acid groups is 1. The van der Waals surface area contributed by atoms with Crippen LogP contribution in [0.25, 0.3) is 0 Å². The topological polar surface area (TPSA) is 94.1 Å². The fourth-order valence-corrected chi connectivity index (χ4v) is 5.90. The molecule has 0 aromatic heterocycles. The van der Waals surface area contributed by atoms with E-state index in [4.69, 9.17) is 18.5 Å². The van der Waals surface area contributed by atoms with Crippen LogP contribution in [0, 0.1) is 0 Å². The molecule has 8 nitrogen and oxygen atoms in total. The van der Waals surface area contributed by atoms with Crippen LogP contribution >= 0.6 is 7.82 Å². The molecule has 45 heavy (non-hydrogen) atoms. The van der Waals surface area contributed by atoms with E-state index in [1.165, 1.54) is 122 Å². The van der Waals surface area contributed by atoms with Crippen LogP contribution in [0.1, 0.15) is 168 Å². The van der Waals surface area contributed by atoms with E-state index in [0.29, 0.717) is 24.1 Å². The number of unbranched alkanes of at least 4 members (excludes halogenated alkanes) is 21. The number of nitrogens with zero attached hydrogens (tertiary/aromatic N) is 1. The minimum Gasteiger partial charge on any atom is -0.756 e. The molecule has 0 bridgehead atoms. The van der Waals surface area contributed by atoms with Crippen molar-refractivity contribution >= 4 is 13.8 Å². The van der Waals surface area contributed by atoms with Gasteiger partial charge in [0, 0.05) is 13.0 Å². The predicted molar refractivity (Wildman–Crippen MR) is 185 cm³/mol. The number of carbonyl (C=O) groups is 1. The molecule has 0 rings (SSSR count). The van der Waals surface area contributed by atoms with E-state index in [1.54, 1.807) is 0 Å². The number of hydrogen-bond acceptors (Lipinski definition) is 7. The molecule has 0 aromatic rings. The summed E-state index contributed by atoms with van der Waals surface area (Å²) in [4.78, 5) is 24.3. The second kappa shape index (κ2) is 30.8. The normalized spacial score (nSPS) is 14.0. The summed E-state index contributed by atoms with van der Waals surface area (Å²) in [6.45, 7) is 5.19. The molecule has 0 spiro atoms. The number of likely N-dealkylation sites (N-methyl/N-ethyl adjacent to an activating group) is 1. The molecule has 0 fully saturated rings. The predicted octanol–water partition coefficient (Wildman–Crippen LogP) is 9.52. The Hall–Kier alpha value is -0.500. The van der Waals surface area contributed by atoms with Crippen molar-refractivity contribution in [2.45, 2.75) is 174 Å². The van der Waals surface area contributed by atoms with Gasteiger partial charge in [0.25, 0.3) is 7.82 Å². The smallest absolute Gasteiger partial charge is 0.306 e. The van der Waals surface area contributed by atoms with Crippen LogP contribution in [0.4, 0.5) is 0 Å². The summed E-state index contributed by atoms with van der Waals surface area (Å²) in [5, 5.41) is 0. The Morgan fingerprint density at radius 3 is 1.44 bits per heavy atom. The van der Waals surface area contributed by atoms with Crippen molar-refractivity contribution in [1.29, 1.82) is 0 Å². The van der Waals surface area contributed by atoms with E-state index in [9.17, 15) is 14.3 Å². The SMILES string of the molecule is CCCCCCCCCCCCCCCCCCCCCCCOCC(COP(=O)([O-])OCC[N+](C)(C)C)OC(=O)CCCC. The van der Waals surface area contributed by atoms with Crippen molar-refractivity contribution in [2.75, 3.05) is 54.1 Å². The van der Waals surface area contributed by atoms with Crippen LogP contribution in [-0.2, 0) is 27.9 Å². The summed E-state index contributed by atoms with van der Waals surface area (Å²) < 4.78 is 33.9. The van der Waals surface area contributed by atoms with E-state index >= 15 is 0 Å². The van der Waals surface area contributed by atoms with E-state index < -0.39 is 13.9 Å². The number of hydrogen-bond donors (Lipinski definition) is 0. The highest BCUT2D eigenvalue weighted by molar-refractivity contribution is 7.45. The Bertz CT molecular complexity index is 701. The molecule has 0 N–H and O–H groups in total. The molecule has 0 aliphatic carbocycles. The maximum absolute atomic E-state index is 12.2. The summed E-state index contributed by atoms with van der Waals surface area (Å²) in [5.41, 5.74) is 0. The molecule has 9 heteroatoms. The first-order valence-electron chi connectivity index (χ1n) is 18.8. The van der Waals surface area contributed by atoms with E-state index in [2.05, 4.69) is 6.92 Å².